The summed E-state index contributed by atoms with van der Waals surface area (Å²) in [6, 6.07) is 0. The molecule has 0 fully saturated rings. The van der Waals surface area contributed by atoms with E-state index in [-0.39, 0.29) is 0 Å². The fourth-order valence-corrected chi connectivity index (χ4v) is 1.43. The molecule has 3 heteroatoms. The van der Waals surface area contributed by atoms with E-state index in [2.05, 4.69) is 0 Å². The summed E-state index contributed by atoms with van der Waals surface area (Å²) >= 11 is 0. The Hall–Kier alpha value is -0.410. The Bertz CT molecular complexity index is 126. The Morgan fingerprint density at radius 3 is 2.13 bits per heavy atom. The zero-order valence-corrected chi connectivity index (χ0v) is 9.80. The molecule has 0 aliphatic rings. The number of carbonyl (C=O) groups excluding carboxylic acids is 1. The first-order chi connectivity index (χ1) is 7.41. The Labute approximate surface area is 93.1 Å². The Kier molecular flexibility index (Phi) is 13.2. The van der Waals surface area contributed by atoms with Gasteiger partial charge in [0.2, 0.25) is 0 Å². The first kappa shape index (κ1) is 14.6. The van der Waals surface area contributed by atoms with Crippen LogP contribution in [0.1, 0.15) is 51.4 Å². The van der Waals surface area contributed by atoms with Gasteiger partial charge in [0.1, 0.15) is 6.79 Å². The minimum Gasteiger partial charge on any atom is -0.359 e. The lowest BCUT2D eigenvalue weighted by molar-refractivity contribution is -0.0315. The highest BCUT2D eigenvalue weighted by atomic mass is 16.7. The highest BCUT2D eigenvalue weighted by Crippen LogP contribution is 2.07. The van der Waals surface area contributed by atoms with Crippen LogP contribution < -0.4 is 0 Å². The molecular weight excluding hydrogens is 192 g/mol. The molecule has 0 amide bonds. The number of ether oxygens (including phenoxy) is 2. The second-order valence-corrected chi connectivity index (χ2v) is 3.68. The van der Waals surface area contributed by atoms with Crippen LogP contribution in [0.4, 0.5) is 0 Å². The van der Waals surface area contributed by atoms with Gasteiger partial charge in [0.05, 0.1) is 0 Å². The van der Waals surface area contributed by atoms with Crippen LogP contribution in [-0.2, 0) is 14.3 Å². The van der Waals surface area contributed by atoms with Crippen LogP contribution in [0.3, 0.4) is 0 Å². The maximum absolute atomic E-state index is 9.92. The molecule has 0 unspecified atom stereocenters. The molecule has 0 aliphatic heterocycles. The van der Waals surface area contributed by atoms with Gasteiger partial charge in [-0.1, -0.05) is 32.1 Å². The van der Waals surface area contributed by atoms with E-state index in [0.29, 0.717) is 13.2 Å². The molecule has 3 nitrogen and oxygen atoms in total. The van der Waals surface area contributed by atoms with Crippen LogP contribution in [0, 0.1) is 0 Å². The molecule has 0 aromatic heterocycles. The molecule has 0 saturated heterocycles. The van der Waals surface area contributed by atoms with Gasteiger partial charge >= 0.3 is 0 Å². The normalized spacial score (nSPS) is 10.5. The Balaban J connectivity index is 2.83. The van der Waals surface area contributed by atoms with Crippen molar-refractivity contribution in [1.29, 1.82) is 0 Å². The van der Waals surface area contributed by atoms with Crippen molar-refractivity contribution in [3.63, 3.8) is 0 Å². The summed E-state index contributed by atoms with van der Waals surface area (Å²) in [6.45, 7) is 1.20. The van der Waals surface area contributed by atoms with E-state index in [1.54, 1.807) is 7.11 Å². The van der Waals surface area contributed by atoms with Gasteiger partial charge < -0.3 is 9.47 Å². The smallest absolute Gasteiger partial charge is 0.198 e. The van der Waals surface area contributed by atoms with Gasteiger partial charge in [-0.15, -0.1) is 0 Å². The number of hydrogen-bond donors (Lipinski definition) is 0. The van der Waals surface area contributed by atoms with Crippen molar-refractivity contribution in [2.45, 2.75) is 51.4 Å². The first-order valence-corrected chi connectivity index (χ1v) is 5.83. The first-order valence-electron chi connectivity index (χ1n) is 5.83. The molecule has 0 N–H and O–H groups in total. The number of unbranched alkanes of at least 4 members (excludes halogenated alkanes) is 7. The van der Waals surface area contributed by atoms with Crippen molar-refractivity contribution < 1.29 is 14.3 Å². The lowest BCUT2D eigenvalue weighted by Crippen LogP contribution is -1.98. The van der Waals surface area contributed by atoms with Gasteiger partial charge in [0, 0.05) is 20.1 Å². The predicted molar refractivity (Wildman–Crippen MR) is 60.5 cm³/mol. The third kappa shape index (κ3) is 13.6. The molecule has 0 heterocycles. The van der Waals surface area contributed by atoms with E-state index in [4.69, 9.17) is 9.47 Å². The maximum Gasteiger partial charge on any atom is 0.198 e. The molecule has 15 heavy (non-hydrogen) atoms. The summed E-state index contributed by atoms with van der Waals surface area (Å²) in [5.41, 5.74) is 0. The number of hydrogen-bond acceptors (Lipinski definition) is 3. The molecule has 0 atom stereocenters. The largest absolute Gasteiger partial charge is 0.359 e. The van der Waals surface area contributed by atoms with E-state index in [0.717, 1.165) is 25.9 Å². The van der Waals surface area contributed by atoms with E-state index in [1.807, 2.05) is 6.29 Å². The van der Waals surface area contributed by atoms with Gasteiger partial charge in [0.25, 0.3) is 0 Å². The summed E-state index contributed by atoms with van der Waals surface area (Å²) in [6.07, 6.45) is 10.8. The Morgan fingerprint density at radius 2 is 1.53 bits per heavy atom. The standard InChI is InChI=1S/C12H23O3/c1-14-12-15-11-9-7-5-3-2-4-6-8-10-13/h2-9,11-12H2,1H3. The van der Waals surface area contributed by atoms with Crippen LogP contribution in [0.5, 0.6) is 0 Å². The molecule has 0 aliphatic carbocycles. The van der Waals surface area contributed by atoms with Gasteiger partial charge in [-0.2, -0.15) is 0 Å². The van der Waals surface area contributed by atoms with Crippen molar-refractivity contribution in [1.82, 2.24) is 0 Å². The van der Waals surface area contributed by atoms with E-state index < -0.39 is 0 Å². The molecule has 0 rings (SSSR count). The monoisotopic (exact) mass is 215 g/mol. The summed E-state index contributed by atoms with van der Waals surface area (Å²) in [5, 5.41) is 0. The van der Waals surface area contributed by atoms with Crippen LogP contribution in [0.15, 0.2) is 0 Å². The lowest BCUT2D eigenvalue weighted by atomic mass is 10.1. The van der Waals surface area contributed by atoms with Crippen molar-refractivity contribution >= 4 is 6.29 Å². The van der Waals surface area contributed by atoms with Gasteiger partial charge in [-0.3, -0.25) is 4.79 Å². The van der Waals surface area contributed by atoms with E-state index >= 15 is 0 Å². The average Bonchev–Trinajstić information content (AvgIpc) is 2.26. The lowest BCUT2D eigenvalue weighted by Gasteiger charge is -2.02. The molecule has 0 saturated carbocycles. The van der Waals surface area contributed by atoms with Crippen molar-refractivity contribution in [3.8, 4) is 0 Å². The summed E-state index contributed by atoms with van der Waals surface area (Å²) in [4.78, 5) is 9.92. The average molecular weight is 215 g/mol. The van der Waals surface area contributed by atoms with E-state index in [9.17, 15) is 4.79 Å². The quantitative estimate of drug-likeness (QED) is 0.371. The predicted octanol–water partition coefficient (Wildman–Crippen LogP) is 2.84. The third-order valence-corrected chi connectivity index (χ3v) is 2.27. The highest BCUT2D eigenvalue weighted by molar-refractivity contribution is 5.50. The molecule has 0 bridgehead atoms. The highest BCUT2D eigenvalue weighted by Gasteiger charge is 1.92. The van der Waals surface area contributed by atoms with Crippen LogP contribution in [0.2, 0.25) is 0 Å². The van der Waals surface area contributed by atoms with Crippen molar-refractivity contribution in [2.75, 3.05) is 20.5 Å². The van der Waals surface area contributed by atoms with Gasteiger partial charge in [-0.25, -0.2) is 0 Å². The van der Waals surface area contributed by atoms with Gasteiger partial charge in [-0.05, 0) is 12.8 Å². The molecular formula is C12H23O3. The zero-order chi connectivity index (χ0) is 11.2. The van der Waals surface area contributed by atoms with Crippen molar-refractivity contribution in [2.24, 2.45) is 0 Å². The van der Waals surface area contributed by atoms with E-state index in [1.165, 1.54) is 25.7 Å². The van der Waals surface area contributed by atoms with Crippen LogP contribution in [-0.4, -0.2) is 26.8 Å². The van der Waals surface area contributed by atoms with Gasteiger partial charge in [0.15, 0.2) is 6.29 Å². The second kappa shape index (κ2) is 13.6. The SMILES string of the molecule is COCOCCCCCCCCC[C]=O. The topological polar surface area (TPSA) is 35.5 Å². The summed E-state index contributed by atoms with van der Waals surface area (Å²) in [5.74, 6) is 0. The second-order valence-electron chi connectivity index (χ2n) is 3.68. The third-order valence-electron chi connectivity index (χ3n) is 2.27. The minimum atomic E-state index is 0.405. The number of rotatable bonds is 12. The Morgan fingerprint density at radius 1 is 0.933 bits per heavy atom. The summed E-state index contributed by atoms with van der Waals surface area (Å²) in [7, 11) is 1.64. The van der Waals surface area contributed by atoms with Crippen LogP contribution in [0.25, 0.3) is 0 Å². The fraction of sp³-hybridized carbons (Fsp3) is 0.917. The maximum atomic E-state index is 9.92. The minimum absolute atomic E-state index is 0.405. The molecule has 0 aromatic rings. The molecule has 1 radical (unpaired) electrons. The molecule has 0 spiro atoms. The molecule has 0 aromatic carbocycles. The zero-order valence-electron chi connectivity index (χ0n) is 9.80. The molecule has 89 valence electrons. The fourth-order valence-electron chi connectivity index (χ4n) is 1.43. The number of methoxy groups -OCH3 is 1. The van der Waals surface area contributed by atoms with Crippen molar-refractivity contribution in [3.05, 3.63) is 0 Å². The van der Waals surface area contributed by atoms with Crippen LogP contribution >= 0.6 is 0 Å². The summed E-state index contributed by atoms with van der Waals surface area (Å²) < 4.78 is 9.95.